The molecule has 2 rings (SSSR count). The van der Waals surface area contributed by atoms with E-state index in [-0.39, 0.29) is 11.7 Å². The molecule has 0 aliphatic carbocycles. The van der Waals surface area contributed by atoms with Crippen molar-refractivity contribution >= 4 is 11.7 Å². The predicted molar refractivity (Wildman–Crippen MR) is 104 cm³/mol. The van der Waals surface area contributed by atoms with Crippen LogP contribution >= 0.6 is 0 Å². The normalized spacial score (nSPS) is 10.3. The summed E-state index contributed by atoms with van der Waals surface area (Å²) in [4.78, 5) is 0. The first-order chi connectivity index (χ1) is 12.6. The van der Waals surface area contributed by atoms with E-state index in [1.807, 2.05) is 24.3 Å². The first-order valence-electron chi connectivity index (χ1n) is 8.71. The van der Waals surface area contributed by atoms with Crippen LogP contribution < -0.4 is 20.9 Å². The third-order valence-electron chi connectivity index (χ3n) is 3.91. The largest absolute Gasteiger partial charge is 0.494 e. The summed E-state index contributed by atoms with van der Waals surface area (Å²) in [6.07, 6.45) is 4.14. The summed E-state index contributed by atoms with van der Waals surface area (Å²) in [5.74, 6) is 1.72. The molecular formula is C20H26N4O2. The van der Waals surface area contributed by atoms with Gasteiger partial charge in [0.15, 0.2) is 0 Å². The summed E-state index contributed by atoms with van der Waals surface area (Å²) in [6, 6.07) is 14.5. The summed E-state index contributed by atoms with van der Waals surface area (Å²) in [5.41, 5.74) is 12.2. The van der Waals surface area contributed by atoms with E-state index in [4.69, 9.17) is 31.8 Å². The van der Waals surface area contributed by atoms with E-state index < -0.39 is 0 Å². The van der Waals surface area contributed by atoms with Crippen molar-refractivity contribution in [2.75, 3.05) is 13.2 Å². The van der Waals surface area contributed by atoms with Gasteiger partial charge in [0.1, 0.15) is 23.2 Å². The van der Waals surface area contributed by atoms with E-state index in [9.17, 15) is 0 Å². The van der Waals surface area contributed by atoms with Crippen LogP contribution in [-0.4, -0.2) is 24.9 Å². The van der Waals surface area contributed by atoms with Gasteiger partial charge in [0, 0.05) is 11.1 Å². The molecule has 6 heteroatoms. The van der Waals surface area contributed by atoms with Gasteiger partial charge in [-0.25, -0.2) is 0 Å². The first kappa shape index (κ1) is 19.3. The zero-order chi connectivity index (χ0) is 18.8. The van der Waals surface area contributed by atoms with Crippen molar-refractivity contribution in [1.29, 1.82) is 10.8 Å². The Bertz CT molecular complexity index is 648. The molecule has 0 saturated heterocycles. The smallest absolute Gasteiger partial charge is 0.122 e. The fourth-order valence-corrected chi connectivity index (χ4v) is 2.40. The lowest BCUT2D eigenvalue weighted by Crippen LogP contribution is -2.10. The van der Waals surface area contributed by atoms with Crippen molar-refractivity contribution < 1.29 is 9.47 Å². The fourth-order valence-electron chi connectivity index (χ4n) is 2.40. The van der Waals surface area contributed by atoms with E-state index in [0.717, 1.165) is 37.2 Å². The van der Waals surface area contributed by atoms with Crippen LogP contribution in [0.3, 0.4) is 0 Å². The van der Waals surface area contributed by atoms with E-state index in [1.54, 1.807) is 24.3 Å². The van der Waals surface area contributed by atoms with Crippen LogP contribution in [0.2, 0.25) is 0 Å². The highest BCUT2D eigenvalue weighted by Gasteiger charge is 1.99. The van der Waals surface area contributed by atoms with Crippen molar-refractivity contribution in [3.05, 3.63) is 59.7 Å². The van der Waals surface area contributed by atoms with Crippen molar-refractivity contribution in [2.24, 2.45) is 11.5 Å². The number of benzene rings is 2. The Morgan fingerprint density at radius 1 is 0.692 bits per heavy atom. The second-order valence-electron chi connectivity index (χ2n) is 5.99. The molecule has 0 aliphatic heterocycles. The first-order valence-corrected chi connectivity index (χ1v) is 8.71. The van der Waals surface area contributed by atoms with Crippen LogP contribution in [-0.2, 0) is 0 Å². The molecule has 0 aliphatic rings. The van der Waals surface area contributed by atoms with Gasteiger partial charge in [-0.2, -0.15) is 0 Å². The van der Waals surface area contributed by atoms with Gasteiger partial charge in [-0.1, -0.05) is 0 Å². The van der Waals surface area contributed by atoms with Crippen molar-refractivity contribution in [1.82, 2.24) is 0 Å². The standard InChI is InChI=1S/C20H26N4O2/c21-19(22)15-5-9-17(10-6-15)25-13-3-1-2-4-14-26-18-11-7-16(8-12-18)20(23)24/h5-12H,1-4,13-14H2,(H3,21,22)(H3,23,24)/i13+2,14+2. The maximum Gasteiger partial charge on any atom is 0.122 e. The quantitative estimate of drug-likeness (QED) is 0.280. The second kappa shape index (κ2) is 10.1. The summed E-state index contributed by atoms with van der Waals surface area (Å²) in [5, 5.41) is 14.7. The molecule has 2 aromatic rings. The van der Waals surface area contributed by atoms with Gasteiger partial charge in [0.05, 0.1) is 13.2 Å². The number of hydrogen-bond donors (Lipinski definition) is 4. The zero-order valence-electron chi connectivity index (χ0n) is 14.8. The minimum Gasteiger partial charge on any atom is -0.494 e. The van der Waals surface area contributed by atoms with Gasteiger partial charge in [-0.3, -0.25) is 10.8 Å². The number of amidine groups is 2. The minimum atomic E-state index is 0.0635. The molecule has 0 fully saturated rings. The van der Waals surface area contributed by atoms with E-state index in [1.165, 1.54) is 0 Å². The number of nitrogens with one attached hydrogen (secondary N) is 2. The highest BCUT2D eigenvalue weighted by Crippen LogP contribution is 2.14. The monoisotopic (exact) mass is 358 g/mol. The van der Waals surface area contributed by atoms with Crippen LogP contribution in [0.1, 0.15) is 36.8 Å². The van der Waals surface area contributed by atoms with Crippen LogP contribution in [0.15, 0.2) is 48.5 Å². The van der Waals surface area contributed by atoms with Crippen LogP contribution in [0.4, 0.5) is 0 Å². The molecule has 0 saturated carbocycles. The van der Waals surface area contributed by atoms with Crippen molar-refractivity contribution in [3.8, 4) is 11.5 Å². The average molecular weight is 358 g/mol. The fraction of sp³-hybridized carbons (Fsp3) is 0.300. The zero-order valence-corrected chi connectivity index (χ0v) is 14.8. The Morgan fingerprint density at radius 2 is 1.04 bits per heavy atom. The molecule has 0 aromatic heterocycles. The van der Waals surface area contributed by atoms with E-state index in [2.05, 4.69) is 0 Å². The predicted octanol–water partition coefficient (Wildman–Crippen LogP) is 3.27. The molecule has 0 heterocycles. The molecule has 138 valence electrons. The second-order valence-corrected chi connectivity index (χ2v) is 5.99. The van der Waals surface area contributed by atoms with Crippen LogP contribution in [0, 0.1) is 10.8 Å². The molecule has 0 spiro atoms. The van der Waals surface area contributed by atoms with E-state index in [0.29, 0.717) is 24.3 Å². The Hall–Kier alpha value is -3.02. The molecule has 6 N–H and O–H groups in total. The van der Waals surface area contributed by atoms with Gasteiger partial charge in [-0.15, -0.1) is 0 Å². The molecule has 2 aromatic carbocycles. The summed E-state index contributed by atoms with van der Waals surface area (Å²) < 4.78 is 11.4. The molecule has 6 nitrogen and oxygen atoms in total. The number of hydrogen-bond acceptors (Lipinski definition) is 4. The van der Waals surface area contributed by atoms with Gasteiger partial charge in [-0.05, 0) is 74.2 Å². The average Bonchev–Trinajstić information content (AvgIpc) is 2.64. The number of unbranched alkanes of at least 4 members (excludes halogenated alkanes) is 3. The highest BCUT2D eigenvalue weighted by atomic mass is 16.6. The van der Waals surface area contributed by atoms with Crippen LogP contribution in [0.25, 0.3) is 0 Å². The number of nitrogen functional groups attached to an aromatic ring is 2. The maximum absolute atomic E-state index is 7.35. The Morgan fingerprint density at radius 3 is 1.35 bits per heavy atom. The third kappa shape index (κ3) is 6.47. The molecule has 0 atom stereocenters. The lowest BCUT2D eigenvalue weighted by molar-refractivity contribution is 0.287. The topological polar surface area (TPSA) is 118 Å². The molecule has 0 amide bonds. The summed E-state index contributed by atoms with van der Waals surface area (Å²) in [6.45, 7) is 1.35. The van der Waals surface area contributed by atoms with Gasteiger partial charge >= 0.3 is 0 Å². The lowest BCUT2D eigenvalue weighted by Gasteiger charge is -2.08. The Balaban J connectivity index is 1.52. The minimum absolute atomic E-state index is 0.0635. The SMILES string of the molecule is N=C(N)c1ccc(O[14CH2]CCCC[14CH2]Oc2ccc(C(=N)N)cc2)cc1. The molecule has 0 bridgehead atoms. The molecule has 26 heavy (non-hydrogen) atoms. The Labute approximate surface area is 154 Å². The van der Waals surface area contributed by atoms with Crippen molar-refractivity contribution in [2.45, 2.75) is 25.7 Å². The number of ether oxygens (including phenoxy) is 2. The van der Waals surface area contributed by atoms with E-state index >= 15 is 0 Å². The summed E-state index contributed by atoms with van der Waals surface area (Å²) in [7, 11) is 0. The Kier molecular flexibility index (Phi) is 7.49. The van der Waals surface area contributed by atoms with Gasteiger partial charge < -0.3 is 20.9 Å². The lowest BCUT2D eigenvalue weighted by atomic mass is 10.2. The summed E-state index contributed by atoms with van der Waals surface area (Å²) >= 11 is 0. The number of nitrogens with two attached hydrogens (primary N) is 2. The third-order valence-corrected chi connectivity index (χ3v) is 3.91. The van der Waals surface area contributed by atoms with Crippen LogP contribution in [0.5, 0.6) is 11.5 Å². The highest BCUT2D eigenvalue weighted by molar-refractivity contribution is 5.95. The molecule has 0 radical (unpaired) electrons. The maximum atomic E-state index is 7.35. The van der Waals surface area contributed by atoms with Gasteiger partial charge in [0.2, 0.25) is 0 Å². The molecular weight excluding hydrogens is 332 g/mol. The molecule has 0 unspecified atom stereocenters. The number of rotatable bonds is 11. The van der Waals surface area contributed by atoms with Crippen molar-refractivity contribution in [3.63, 3.8) is 0 Å². The van der Waals surface area contributed by atoms with Gasteiger partial charge in [0.25, 0.3) is 0 Å².